The van der Waals surface area contributed by atoms with Crippen molar-refractivity contribution in [3.05, 3.63) is 78.9 Å². The van der Waals surface area contributed by atoms with Crippen LogP contribution in [0.1, 0.15) is 0 Å². The molecule has 0 fully saturated rings. The SMILES string of the molecule is NN(c1[c]c(O)cc(N(N)c2ccccc2)c1)c1ccccc1. The molecule has 0 saturated heterocycles. The maximum Gasteiger partial charge on any atom is 0.127 e. The molecule has 0 aliphatic heterocycles. The minimum atomic E-state index is -0.0322. The molecule has 3 aromatic rings. The molecule has 0 aromatic heterocycles. The summed E-state index contributed by atoms with van der Waals surface area (Å²) in [6.45, 7) is 0. The van der Waals surface area contributed by atoms with E-state index in [1.54, 1.807) is 6.07 Å². The first-order valence-electron chi connectivity index (χ1n) is 7.11. The summed E-state index contributed by atoms with van der Waals surface area (Å²) in [6.07, 6.45) is 0. The molecule has 5 heteroatoms. The molecule has 0 aliphatic rings. The van der Waals surface area contributed by atoms with Crippen LogP contribution in [0.15, 0.2) is 72.8 Å². The predicted molar refractivity (Wildman–Crippen MR) is 92.5 cm³/mol. The van der Waals surface area contributed by atoms with Crippen LogP contribution in [0.3, 0.4) is 0 Å². The van der Waals surface area contributed by atoms with E-state index in [1.165, 1.54) is 16.1 Å². The minimum absolute atomic E-state index is 0.0322. The number of benzene rings is 3. The van der Waals surface area contributed by atoms with E-state index in [2.05, 4.69) is 6.07 Å². The number of hydrogen-bond donors (Lipinski definition) is 3. The van der Waals surface area contributed by atoms with Crippen LogP contribution in [0.4, 0.5) is 22.7 Å². The number of phenolic OH excluding ortho intramolecular Hbond substituents is 1. The van der Waals surface area contributed by atoms with Crippen LogP contribution in [0.5, 0.6) is 5.75 Å². The van der Waals surface area contributed by atoms with Gasteiger partial charge in [0, 0.05) is 6.07 Å². The van der Waals surface area contributed by atoms with E-state index in [9.17, 15) is 5.11 Å². The number of nitrogens with zero attached hydrogens (tertiary/aromatic N) is 2. The maximum absolute atomic E-state index is 9.97. The highest BCUT2D eigenvalue weighted by molar-refractivity contribution is 5.71. The Kier molecular flexibility index (Phi) is 4.14. The molecule has 0 spiro atoms. The average Bonchev–Trinajstić information content (AvgIpc) is 2.61. The summed E-state index contributed by atoms with van der Waals surface area (Å²) in [5.74, 6) is 12.2. The van der Waals surface area contributed by atoms with Crippen molar-refractivity contribution in [2.24, 2.45) is 11.7 Å². The fraction of sp³-hybridized carbons (Fsp3) is 0. The smallest absolute Gasteiger partial charge is 0.127 e. The van der Waals surface area contributed by atoms with E-state index in [1.807, 2.05) is 60.7 Å². The second kappa shape index (κ2) is 6.39. The molecule has 5 nitrogen and oxygen atoms in total. The van der Waals surface area contributed by atoms with Crippen LogP contribution in [0, 0.1) is 6.07 Å². The Bertz CT molecular complexity index is 714. The molecule has 0 atom stereocenters. The van der Waals surface area contributed by atoms with Gasteiger partial charge in [-0.25, -0.2) is 11.7 Å². The molecule has 0 saturated carbocycles. The van der Waals surface area contributed by atoms with E-state index in [0.717, 1.165) is 11.4 Å². The largest absolute Gasteiger partial charge is 0.507 e. The summed E-state index contributed by atoms with van der Waals surface area (Å²) in [5, 5.41) is 12.9. The molecule has 0 unspecified atom stereocenters. The van der Waals surface area contributed by atoms with Crippen LogP contribution < -0.4 is 21.7 Å². The highest BCUT2D eigenvalue weighted by Gasteiger charge is 2.11. The molecule has 3 rings (SSSR count). The Morgan fingerprint density at radius 3 is 1.78 bits per heavy atom. The van der Waals surface area contributed by atoms with Gasteiger partial charge >= 0.3 is 0 Å². The zero-order valence-electron chi connectivity index (χ0n) is 12.4. The van der Waals surface area contributed by atoms with Gasteiger partial charge in [0.25, 0.3) is 0 Å². The van der Waals surface area contributed by atoms with Gasteiger partial charge in [-0.2, -0.15) is 0 Å². The molecule has 5 N–H and O–H groups in total. The van der Waals surface area contributed by atoms with Gasteiger partial charge in [0.15, 0.2) is 0 Å². The van der Waals surface area contributed by atoms with Gasteiger partial charge < -0.3 is 5.11 Å². The molecule has 0 heterocycles. The third-order valence-corrected chi connectivity index (χ3v) is 3.43. The quantitative estimate of drug-likeness (QED) is 0.509. The highest BCUT2D eigenvalue weighted by Crippen LogP contribution is 2.31. The lowest BCUT2D eigenvalue weighted by atomic mass is 10.2. The lowest BCUT2D eigenvalue weighted by molar-refractivity contribution is 0.474. The molecule has 0 aliphatic carbocycles. The van der Waals surface area contributed by atoms with Gasteiger partial charge in [-0.15, -0.1) is 0 Å². The first kappa shape index (κ1) is 14.9. The van der Waals surface area contributed by atoms with Crippen molar-refractivity contribution in [2.75, 3.05) is 10.0 Å². The van der Waals surface area contributed by atoms with Crippen LogP contribution in [-0.2, 0) is 0 Å². The van der Waals surface area contributed by atoms with Crippen molar-refractivity contribution in [1.29, 1.82) is 0 Å². The number of para-hydroxylation sites is 2. The predicted octanol–water partition coefficient (Wildman–Crippen LogP) is 3.22. The number of nitrogens with two attached hydrogens (primary N) is 2. The van der Waals surface area contributed by atoms with E-state index in [0.29, 0.717) is 11.4 Å². The number of phenols is 1. The minimum Gasteiger partial charge on any atom is -0.507 e. The molecule has 115 valence electrons. The molecule has 1 radical (unpaired) electrons. The molecule has 0 amide bonds. The van der Waals surface area contributed by atoms with E-state index >= 15 is 0 Å². The molecular weight excluding hydrogens is 288 g/mol. The van der Waals surface area contributed by atoms with E-state index in [4.69, 9.17) is 11.7 Å². The zero-order valence-corrected chi connectivity index (χ0v) is 12.4. The van der Waals surface area contributed by atoms with Gasteiger partial charge in [-0.3, -0.25) is 10.0 Å². The summed E-state index contributed by atoms with van der Waals surface area (Å²) in [6, 6.07) is 25.0. The second-order valence-corrected chi connectivity index (χ2v) is 5.02. The molecule has 3 aromatic carbocycles. The van der Waals surface area contributed by atoms with Crippen molar-refractivity contribution in [3.8, 4) is 5.75 Å². The summed E-state index contributed by atoms with van der Waals surface area (Å²) in [4.78, 5) is 0. The third-order valence-electron chi connectivity index (χ3n) is 3.43. The van der Waals surface area contributed by atoms with Crippen LogP contribution in [0.25, 0.3) is 0 Å². The molecule has 23 heavy (non-hydrogen) atoms. The Labute approximate surface area is 134 Å². The zero-order chi connectivity index (χ0) is 16.2. The van der Waals surface area contributed by atoms with Gasteiger partial charge in [0.2, 0.25) is 0 Å². The Morgan fingerprint density at radius 1 is 0.696 bits per heavy atom. The fourth-order valence-electron chi connectivity index (χ4n) is 2.26. The van der Waals surface area contributed by atoms with Crippen LogP contribution in [0.2, 0.25) is 0 Å². The van der Waals surface area contributed by atoms with Crippen LogP contribution in [-0.4, -0.2) is 5.11 Å². The first-order valence-corrected chi connectivity index (χ1v) is 7.11. The number of aromatic hydroxyl groups is 1. The van der Waals surface area contributed by atoms with Crippen molar-refractivity contribution >= 4 is 22.7 Å². The normalized spacial score (nSPS) is 10.3. The summed E-state index contributed by atoms with van der Waals surface area (Å²) < 4.78 is 0. The Hall–Kier alpha value is -3.02. The Morgan fingerprint density at radius 2 is 1.22 bits per heavy atom. The maximum atomic E-state index is 9.97. The molecular formula is C18H17N4O. The fourth-order valence-corrected chi connectivity index (χ4v) is 2.26. The van der Waals surface area contributed by atoms with Gasteiger partial charge in [0.05, 0.1) is 28.8 Å². The summed E-state index contributed by atoms with van der Waals surface area (Å²) in [7, 11) is 0. The number of rotatable bonds is 4. The van der Waals surface area contributed by atoms with Crippen molar-refractivity contribution in [1.82, 2.24) is 0 Å². The van der Waals surface area contributed by atoms with Crippen molar-refractivity contribution in [2.45, 2.75) is 0 Å². The first-order chi connectivity index (χ1) is 11.1. The number of hydrogen-bond acceptors (Lipinski definition) is 5. The standard InChI is InChI=1S/C18H17N4O/c19-21(14-7-3-1-4-8-14)16-11-17(13-18(23)12-16)22(20)15-9-5-2-6-10-15/h1-12,23H,19-20H2. The van der Waals surface area contributed by atoms with E-state index < -0.39 is 0 Å². The van der Waals surface area contributed by atoms with Crippen LogP contribution >= 0.6 is 0 Å². The summed E-state index contributed by atoms with van der Waals surface area (Å²) >= 11 is 0. The van der Waals surface area contributed by atoms with Crippen molar-refractivity contribution < 1.29 is 5.11 Å². The van der Waals surface area contributed by atoms with Gasteiger partial charge in [-0.05, 0) is 30.3 Å². The topological polar surface area (TPSA) is 78.8 Å². The van der Waals surface area contributed by atoms with Gasteiger partial charge in [-0.1, -0.05) is 36.4 Å². The monoisotopic (exact) mass is 305 g/mol. The summed E-state index contributed by atoms with van der Waals surface area (Å²) in [5.41, 5.74) is 2.70. The lowest BCUT2D eigenvalue weighted by Crippen LogP contribution is -2.27. The Balaban J connectivity index is 1.96. The van der Waals surface area contributed by atoms with Gasteiger partial charge in [0.1, 0.15) is 5.75 Å². The third kappa shape index (κ3) is 3.26. The average molecular weight is 305 g/mol. The lowest BCUT2D eigenvalue weighted by Gasteiger charge is -2.23. The second-order valence-electron chi connectivity index (χ2n) is 5.02. The molecule has 0 bridgehead atoms. The number of hydrazine groups is 2. The van der Waals surface area contributed by atoms with E-state index in [-0.39, 0.29) is 5.75 Å². The highest BCUT2D eigenvalue weighted by atomic mass is 16.3. The number of anilines is 4. The van der Waals surface area contributed by atoms with Crippen molar-refractivity contribution in [3.63, 3.8) is 0 Å².